The van der Waals surface area contributed by atoms with E-state index in [9.17, 15) is 4.79 Å². The molecule has 3 nitrogen and oxygen atoms in total. The molecule has 94 valence electrons. The average molecular weight is 226 g/mol. The van der Waals surface area contributed by atoms with E-state index in [0.29, 0.717) is 5.92 Å². The molecule has 3 heteroatoms. The minimum atomic E-state index is 0.0213. The molecule has 4 atom stereocenters. The van der Waals surface area contributed by atoms with Crippen LogP contribution in [0.4, 0.5) is 0 Å². The topological polar surface area (TPSA) is 55.1 Å². The molecule has 1 aliphatic carbocycles. The predicted octanol–water partition coefficient (Wildman–Crippen LogP) is 2.05. The summed E-state index contributed by atoms with van der Waals surface area (Å²) in [5.41, 5.74) is 6.06. The van der Waals surface area contributed by atoms with E-state index in [1.807, 2.05) is 0 Å². The van der Waals surface area contributed by atoms with E-state index in [4.69, 9.17) is 5.73 Å². The second kappa shape index (κ2) is 6.24. The highest BCUT2D eigenvalue weighted by atomic mass is 16.2. The third kappa shape index (κ3) is 3.48. The summed E-state index contributed by atoms with van der Waals surface area (Å²) in [5.74, 6) is 0.617. The van der Waals surface area contributed by atoms with Crippen LogP contribution in [0.1, 0.15) is 52.9 Å². The SMILES string of the molecule is CCCC(C)NC(=O)C1C(C)CCCC1N. The zero-order valence-corrected chi connectivity index (χ0v) is 10.8. The number of hydrogen-bond donors (Lipinski definition) is 2. The van der Waals surface area contributed by atoms with Crippen LogP contribution in [0.5, 0.6) is 0 Å². The summed E-state index contributed by atoms with van der Waals surface area (Å²) in [6, 6.07) is 0.330. The molecule has 1 fully saturated rings. The number of nitrogens with one attached hydrogen (secondary N) is 1. The molecule has 0 bridgehead atoms. The molecule has 0 aliphatic heterocycles. The Morgan fingerprint density at radius 3 is 2.75 bits per heavy atom. The number of nitrogens with two attached hydrogens (primary N) is 1. The van der Waals surface area contributed by atoms with Gasteiger partial charge in [-0.2, -0.15) is 0 Å². The maximum absolute atomic E-state index is 12.1. The highest BCUT2D eigenvalue weighted by molar-refractivity contribution is 5.80. The third-order valence-corrected chi connectivity index (χ3v) is 3.68. The summed E-state index contributed by atoms with van der Waals surface area (Å²) in [4.78, 5) is 12.1. The minimum Gasteiger partial charge on any atom is -0.353 e. The van der Waals surface area contributed by atoms with Gasteiger partial charge >= 0.3 is 0 Å². The molecular weight excluding hydrogens is 200 g/mol. The van der Waals surface area contributed by atoms with Crippen LogP contribution < -0.4 is 11.1 Å². The molecule has 1 aliphatic rings. The van der Waals surface area contributed by atoms with Crippen LogP contribution in [0.3, 0.4) is 0 Å². The van der Waals surface area contributed by atoms with Gasteiger partial charge in [0.2, 0.25) is 5.91 Å². The first-order chi connectivity index (χ1) is 7.56. The van der Waals surface area contributed by atoms with E-state index < -0.39 is 0 Å². The standard InChI is InChI=1S/C13H26N2O/c1-4-6-10(3)15-13(16)12-9(2)7-5-8-11(12)14/h9-12H,4-8,14H2,1-3H3,(H,15,16). The smallest absolute Gasteiger partial charge is 0.225 e. The molecule has 0 aromatic carbocycles. The zero-order chi connectivity index (χ0) is 12.1. The molecule has 3 N–H and O–H groups in total. The molecule has 0 radical (unpaired) electrons. The Bertz CT molecular complexity index is 220. The lowest BCUT2D eigenvalue weighted by molar-refractivity contribution is -0.128. The van der Waals surface area contributed by atoms with Gasteiger partial charge in [0.25, 0.3) is 0 Å². The van der Waals surface area contributed by atoms with Crippen LogP contribution in [0, 0.1) is 11.8 Å². The summed E-state index contributed by atoms with van der Waals surface area (Å²) in [6.07, 6.45) is 5.44. The maximum Gasteiger partial charge on any atom is 0.225 e. The van der Waals surface area contributed by atoms with Gasteiger partial charge in [0.05, 0.1) is 5.92 Å². The first kappa shape index (κ1) is 13.5. The van der Waals surface area contributed by atoms with E-state index in [2.05, 4.69) is 26.1 Å². The Hall–Kier alpha value is -0.570. The maximum atomic E-state index is 12.1. The Morgan fingerprint density at radius 1 is 1.50 bits per heavy atom. The lowest BCUT2D eigenvalue weighted by Gasteiger charge is -2.33. The van der Waals surface area contributed by atoms with Crippen LogP contribution in [0.2, 0.25) is 0 Å². The van der Waals surface area contributed by atoms with Crippen molar-refractivity contribution in [3.05, 3.63) is 0 Å². The van der Waals surface area contributed by atoms with Gasteiger partial charge in [-0.1, -0.05) is 26.7 Å². The van der Waals surface area contributed by atoms with Crippen LogP contribution in [0.15, 0.2) is 0 Å². The molecule has 0 spiro atoms. The van der Waals surface area contributed by atoms with Gasteiger partial charge in [0.1, 0.15) is 0 Å². The largest absolute Gasteiger partial charge is 0.353 e. The predicted molar refractivity (Wildman–Crippen MR) is 67.0 cm³/mol. The Labute approximate surface area is 99.2 Å². The summed E-state index contributed by atoms with van der Waals surface area (Å²) >= 11 is 0. The third-order valence-electron chi connectivity index (χ3n) is 3.68. The second-order valence-corrected chi connectivity index (χ2v) is 5.30. The van der Waals surface area contributed by atoms with Gasteiger partial charge in [-0.25, -0.2) is 0 Å². The number of amides is 1. The molecular formula is C13H26N2O. The number of hydrogen-bond acceptors (Lipinski definition) is 2. The highest BCUT2D eigenvalue weighted by Crippen LogP contribution is 2.29. The van der Waals surface area contributed by atoms with E-state index >= 15 is 0 Å². The summed E-state index contributed by atoms with van der Waals surface area (Å²) in [7, 11) is 0. The van der Waals surface area contributed by atoms with Gasteiger partial charge in [-0.15, -0.1) is 0 Å². The summed E-state index contributed by atoms with van der Waals surface area (Å²) < 4.78 is 0. The molecule has 4 unspecified atom stereocenters. The van der Waals surface area contributed by atoms with Crippen molar-refractivity contribution in [2.45, 2.75) is 65.0 Å². The fourth-order valence-corrected chi connectivity index (χ4v) is 2.75. The Kier molecular flexibility index (Phi) is 5.26. The van der Waals surface area contributed by atoms with Crippen molar-refractivity contribution in [1.29, 1.82) is 0 Å². The first-order valence-corrected chi connectivity index (χ1v) is 6.62. The Balaban J connectivity index is 2.50. The van der Waals surface area contributed by atoms with Gasteiger partial charge in [-0.05, 0) is 32.1 Å². The molecule has 0 aromatic rings. The first-order valence-electron chi connectivity index (χ1n) is 6.62. The normalized spacial score (nSPS) is 32.1. The van der Waals surface area contributed by atoms with Crippen LogP contribution in [-0.2, 0) is 4.79 Å². The van der Waals surface area contributed by atoms with Crippen molar-refractivity contribution in [3.8, 4) is 0 Å². The lowest BCUT2D eigenvalue weighted by atomic mass is 9.76. The van der Waals surface area contributed by atoms with Crippen molar-refractivity contribution in [1.82, 2.24) is 5.32 Å². The molecule has 16 heavy (non-hydrogen) atoms. The van der Waals surface area contributed by atoms with Crippen molar-refractivity contribution >= 4 is 5.91 Å². The second-order valence-electron chi connectivity index (χ2n) is 5.30. The van der Waals surface area contributed by atoms with Crippen LogP contribution in [0.25, 0.3) is 0 Å². The number of rotatable bonds is 4. The zero-order valence-electron chi connectivity index (χ0n) is 10.8. The van der Waals surface area contributed by atoms with E-state index in [0.717, 1.165) is 32.1 Å². The van der Waals surface area contributed by atoms with Crippen molar-refractivity contribution in [3.63, 3.8) is 0 Å². The van der Waals surface area contributed by atoms with Gasteiger partial charge < -0.3 is 11.1 Å². The van der Waals surface area contributed by atoms with E-state index in [1.54, 1.807) is 0 Å². The summed E-state index contributed by atoms with van der Waals surface area (Å²) in [6.45, 7) is 6.35. The van der Waals surface area contributed by atoms with Gasteiger partial charge in [-0.3, -0.25) is 4.79 Å². The molecule has 1 rings (SSSR count). The monoisotopic (exact) mass is 226 g/mol. The molecule has 1 saturated carbocycles. The highest BCUT2D eigenvalue weighted by Gasteiger charge is 2.34. The molecule has 0 heterocycles. The molecule has 0 aromatic heterocycles. The molecule has 0 saturated heterocycles. The average Bonchev–Trinajstić information content (AvgIpc) is 2.17. The van der Waals surface area contributed by atoms with Crippen molar-refractivity contribution in [2.75, 3.05) is 0 Å². The number of carbonyl (C=O) groups is 1. The minimum absolute atomic E-state index is 0.0213. The van der Waals surface area contributed by atoms with Crippen molar-refractivity contribution < 1.29 is 4.79 Å². The molecule has 1 amide bonds. The Morgan fingerprint density at radius 2 is 2.19 bits per heavy atom. The lowest BCUT2D eigenvalue weighted by Crippen LogP contribution is -2.49. The fourth-order valence-electron chi connectivity index (χ4n) is 2.75. The van der Waals surface area contributed by atoms with Crippen molar-refractivity contribution in [2.24, 2.45) is 17.6 Å². The fraction of sp³-hybridized carbons (Fsp3) is 0.923. The van der Waals surface area contributed by atoms with E-state index in [1.165, 1.54) is 0 Å². The van der Waals surface area contributed by atoms with Crippen LogP contribution in [-0.4, -0.2) is 18.0 Å². The van der Waals surface area contributed by atoms with Gasteiger partial charge in [0, 0.05) is 12.1 Å². The van der Waals surface area contributed by atoms with Gasteiger partial charge in [0.15, 0.2) is 0 Å². The number of carbonyl (C=O) groups excluding carboxylic acids is 1. The van der Waals surface area contributed by atoms with Crippen LogP contribution >= 0.6 is 0 Å². The van der Waals surface area contributed by atoms with E-state index in [-0.39, 0.29) is 23.9 Å². The quantitative estimate of drug-likeness (QED) is 0.771. The summed E-state index contributed by atoms with van der Waals surface area (Å²) in [5, 5.41) is 3.09.